The molecule has 31 heavy (non-hydrogen) atoms. The Morgan fingerprint density at radius 2 is 1.81 bits per heavy atom. The second kappa shape index (κ2) is 7.42. The Morgan fingerprint density at radius 1 is 1.03 bits per heavy atom. The molecule has 5 rings (SSSR count). The Labute approximate surface area is 183 Å². The third kappa shape index (κ3) is 2.99. The van der Waals surface area contributed by atoms with Crippen molar-refractivity contribution < 1.29 is 18.7 Å². The summed E-state index contributed by atoms with van der Waals surface area (Å²) in [4.78, 5) is 29.1. The highest BCUT2D eigenvalue weighted by molar-refractivity contribution is 8.02. The minimum Gasteiger partial charge on any atom is -0.497 e. The summed E-state index contributed by atoms with van der Waals surface area (Å²) < 4.78 is 18.7. The number of nitrogens with zero attached hydrogens (tertiary/aromatic N) is 2. The predicted molar refractivity (Wildman–Crippen MR) is 119 cm³/mol. The van der Waals surface area contributed by atoms with E-state index >= 15 is 0 Å². The summed E-state index contributed by atoms with van der Waals surface area (Å²) in [6, 6.07) is 20.8. The van der Waals surface area contributed by atoms with Crippen LogP contribution in [0.15, 0.2) is 72.8 Å². The van der Waals surface area contributed by atoms with Crippen LogP contribution in [-0.2, 0) is 21.0 Å². The number of thioether (sulfide) groups is 1. The molecule has 2 aliphatic heterocycles. The van der Waals surface area contributed by atoms with Gasteiger partial charge in [-0.25, -0.2) is 4.39 Å². The van der Waals surface area contributed by atoms with Crippen LogP contribution in [0.3, 0.4) is 0 Å². The van der Waals surface area contributed by atoms with Gasteiger partial charge in [-0.1, -0.05) is 36.4 Å². The molecule has 2 amide bonds. The molecule has 1 spiro atoms. The van der Waals surface area contributed by atoms with Crippen LogP contribution in [0.25, 0.3) is 0 Å². The molecular weight excluding hydrogens is 415 g/mol. The van der Waals surface area contributed by atoms with Crippen molar-refractivity contribution in [3.63, 3.8) is 0 Å². The summed E-state index contributed by atoms with van der Waals surface area (Å²) in [5.74, 6) is 0.164. The van der Waals surface area contributed by atoms with Crippen molar-refractivity contribution in [2.24, 2.45) is 0 Å². The lowest BCUT2D eigenvalue weighted by atomic mass is 10.0. The molecule has 2 aliphatic rings. The van der Waals surface area contributed by atoms with Crippen LogP contribution < -0.4 is 14.5 Å². The van der Waals surface area contributed by atoms with E-state index in [1.54, 1.807) is 47.2 Å². The second-order valence-electron chi connectivity index (χ2n) is 7.40. The summed E-state index contributed by atoms with van der Waals surface area (Å²) >= 11 is 1.33. The normalized spacial score (nSPS) is 19.9. The van der Waals surface area contributed by atoms with E-state index in [-0.39, 0.29) is 23.4 Å². The minimum atomic E-state index is -1.18. The van der Waals surface area contributed by atoms with Crippen molar-refractivity contribution in [1.29, 1.82) is 0 Å². The number of ether oxygens (including phenoxy) is 1. The number of fused-ring (bicyclic) bond motifs is 2. The molecule has 5 nitrogen and oxygen atoms in total. The first-order valence-electron chi connectivity index (χ1n) is 9.81. The maximum Gasteiger partial charge on any atom is 0.269 e. The minimum absolute atomic E-state index is 0.134. The predicted octanol–water partition coefficient (Wildman–Crippen LogP) is 4.31. The van der Waals surface area contributed by atoms with Gasteiger partial charge in [0.05, 0.1) is 25.1 Å². The molecule has 1 atom stereocenters. The third-order valence-corrected chi connectivity index (χ3v) is 7.02. The Bertz CT molecular complexity index is 1180. The molecule has 0 aliphatic carbocycles. The van der Waals surface area contributed by atoms with Crippen molar-refractivity contribution in [2.45, 2.75) is 11.4 Å². The quantitative estimate of drug-likeness (QED) is 0.614. The van der Waals surface area contributed by atoms with Gasteiger partial charge >= 0.3 is 0 Å². The molecule has 1 fully saturated rings. The number of hydrogen-bond donors (Lipinski definition) is 0. The monoisotopic (exact) mass is 434 g/mol. The zero-order valence-corrected chi connectivity index (χ0v) is 17.6. The molecule has 0 radical (unpaired) electrons. The fourth-order valence-electron chi connectivity index (χ4n) is 4.23. The van der Waals surface area contributed by atoms with Crippen molar-refractivity contribution in [3.8, 4) is 5.75 Å². The van der Waals surface area contributed by atoms with Crippen LogP contribution in [-0.4, -0.2) is 24.7 Å². The largest absolute Gasteiger partial charge is 0.497 e. The van der Waals surface area contributed by atoms with E-state index in [1.807, 2.05) is 30.3 Å². The van der Waals surface area contributed by atoms with Gasteiger partial charge in [0, 0.05) is 17.3 Å². The van der Waals surface area contributed by atoms with Gasteiger partial charge < -0.3 is 9.64 Å². The molecule has 0 aromatic heterocycles. The van der Waals surface area contributed by atoms with E-state index in [1.165, 1.54) is 23.9 Å². The van der Waals surface area contributed by atoms with Gasteiger partial charge in [0.25, 0.3) is 5.91 Å². The second-order valence-corrected chi connectivity index (χ2v) is 8.57. The van der Waals surface area contributed by atoms with Crippen molar-refractivity contribution in [1.82, 2.24) is 0 Å². The zero-order chi connectivity index (χ0) is 21.6. The smallest absolute Gasteiger partial charge is 0.269 e. The molecule has 3 aromatic carbocycles. The highest BCUT2D eigenvalue weighted by atomic mass is 32.2. The van der Waals surface area contributed by atoms with Crippen molar-refractivity contribution >= 4 is 35.0 Å². The standard InChI is InChI=1S/C24H19FN2O3S/c1-30-19-6-4-5-18(13-19)27-22(28)15-31-24(27)20-7-2-3-8-21(20)26(23(24)29)14-16-9-11-17(25)12-10-16/h2-13H,14-15H2,1H3/t24-/m0/s1. The number of halogens is 1. The van der Waals surface area contributed by atoms with Gasteiger partial charge in [-0.05, 0) is 35.9 Å². The number of hydrogen-bond acceptors (Lipinski definition) is 4. The van der Waals surface area contributed by atoms with E-state index in [0.29, 0.717) is 18.0 Å². The number of amides is 2. The molecular formula is C24H19FN2O3S. The summed E-state index contributed by atoms with van der Waals surface area (Å²) in [5.41, 5.74) is 2.96. The molecule has 2 heterocycles. The molecule has 0 bridgehead atoms. The maximum absolute atomic E-state index is 13.9. The fourth-order valence-corrected chi connectivity index (χ4v) is 5.59. The highest BCUT2D eigenvalue weighted by Gasteiger charge is 2.60. The van der Waals surface area contributed by atoms with Gasteiger partial charge in [0.1, 0.15) is 11.6 Å². The molecule has 0 unspecified atom stereocenters. The van der Waals surface area contributed by atoms with Gasteiger partial charge in [-0.2, -0.15) is 0 Å². The number of rotatable bonds is 4. The number of anilines is 2. The van der Waals surface area contributed by atoms with Crippen molar-refractivity contribution in [3.05, 3.63) is 89.7 Å². The summed E-state index contributed by atoms with van der Waals surface area (Å²) in [6.45, 7) is 0.290. The van der Waals surface area contributed by atoms with E-state index in [9.17, 15) is 14.0 Å². The van der Waals surface area contributed by atoms with Crippen molar-refractivity contribution in [2.75, 3.05) is 22.7 Å². The highest BCUT2D eigenvalue weighted by Crippen LogP contribution is 2.56. The first kappa shape index (κ1) is 19.6. The van der Waals surface area contributed by atoms with Gasteiger partial charge in [-0.15, -0.1) is 11.8 Å². The molecule has 7 heteroatoms. The number of para-hydroxylation sites is 1. The number of carbonyl (C=O) groups excluding carboxylic acids is 2. The summed E-state index contributed by atoms with van der Waals surface area (Å²) in [6.07, 6.45) is 0. The van der Waals surface area contributed by atoms with Gasteiger partial charge in [0.15, 0.2) is 0 Å². The van der Waals surface area contributed by atoms with Crippen LogP contribution in [0.5, 0.6) is 5.75 Å². The summed E-state index contributed by atoms with van der Waals surface area (Å²) in [7, 11) is 1.57. The van der Waals surface area contributed by atoms with E-state index in [0.717, 1.165) is 16.8 Å². The van der Waals surface area contributed by atoms with Crippen LogP contribution in [0.2, 0.25) is 0 Å². The average molecular weight is 434 g/mol. The molecule has 0 N–H and O–H groups in total. The average Bonchev–Trinajstić information content (AvgIpc) is 3.26. The lowest BCUT2D eigenvalue weighted by molar-refractivity contribution is -0.123. The molecule has 156 valence electrons. The maximum atomic E-state index is 13.9. The number of methoxy groups -OCH3 is 1. The fraction of sp³-hybridized carbons (Fsp3) is 0.167. The van der Waals surface area contributed by atoms with Gasteiger partial charge in [-0.3, -0.25) is 14.5 Å². The lowest BCUT2D eigenvalue weighted by Crippen LogP contribution is -2.49. The topological polar surface area (TPSA) is 49.9 Å². The Morgan fingerprint density at radius 3 is 2.58 bits per heavy atom. The van der Waals surface area contributed by atoms with Gasteiger partial charge in [0.2, 0.25) is 10.8 Å². The molecule has 0 saturated carbocycles. The van der Waals surface area contributed by atoms with Crippen LogP contribution in [0.1, 0.15) is 11.1 Å². The Hall–Kier alpha value is -3.32. The Balaban J connectivity index is 1.63. The zero-order valence-electron chi connectivity index (χ0n) is 16.7. The number of carbonyl (C=O) groups is 2. The van der Waals surface area contributed by atoms with Crippen LogP contribution >= 0.6 is 11.8 Å². The first-order valence-corrected chi connectivity index (χ1v) is 10.8. The molecule has 1 saturated heterocycles. The summed E-state index contributed by atoms with van der Waals surface area (Å²) in [5, 5.41) is 0. The SMILES string of the molecule is COc1cccc(N2C(=O)CS[C@@]23C(=O)N(Cc2ccc(F)cc2)c2ccccc23)c1. The Kier molecular flexibility index (Phi) is 4.70. The van der Waals surface area contributed by atoms with Crippen LogP contribution in [0, 0.1) is 5.82 Å². The van der Waals surface area contributed by atoms with Crippen LogP contribution in [0.4, 0.5) is 15.8 Å². The number of benzene rings is 3. The lowest BCUT2D eigenvalue weighted by Gasteiger charge is -2.33. The molecule has 3 aromatic rings. The first-order chi connectivity index (χ1) is 15.0. The van der Waals surface area contributed by atoms with E-state index in [2.05, 4.69) is 0 Å². The van der Waals surface area contributed by atoms with E-state index < -0.39 is 4.87 Å². The third-order valence-electron chi connectivity index (χ3n) is 5.63. The van der Waals surface area contributed by atoms with E-state index in [4.69, 9.17) is 4.74 Å².